The topological polar surface area (TPSA) is 72.2 Å². The highest BCUT2D eigenvalue weighted by Gasteiger charge is 2.29. The van der Waals surface area contributed by atoms with Crippen molar-refractivity contribution in [1.29, 1.82) is 0 Å². The molecule has 0 amide bonds. The standard InChI is InChI=1S/C20H19ClN2O3S/c1-12-4-8-16(21)10-17(12)23-27(24,25)19-9-15(5-3-13(19)2)18-11-22-20(26-18)14-6-7-14/h3-5,8-11,14,23H,6-7H2,1-2H3. The number of nitrogens with zero attached hydrogens (tertiary/aromatic N) is 1. The first kappa shape index (κ1) is 18.1. The molecule has 3 aromatic rings. The van der Waals surface area contributed by atoms with E-state index in [1.54, 1.807) is 43.5 Å². The van der Waals surface area contributed by atoms with E-state index in [0.717, 1.165) is 24.3 Å². The molecule has 0 aliphatic heterocycles. The molecule has 1 saturated carbocycles. The Hall–Kier alpha value is -2.31. The fraction of sp³-hybridized carbons (Fsp3) is 0.250. The summed E-state index contributed by atoms with van der Waals surface area (Å²) in [6, 6.07) is 10.3. The maximum Gasteiger partial charge on any atom is 0.262 e. The Kier molecular flexibility index (Phi) is 4.48. The molecule has 27 heavy (non-hydrogen) atoms. The summed E-state index contributed by atoms with van der Waals surface area (Å²) in [4.78, 5) is 4.51. The van der Waals surface area contributed by atoms with Crippen molar-refractivity contribution in [1.82, 2.24) is 4.98 Å². The number of aryl methyl sites for hydroxylation is 2. The van der Waals surface area contributed by atoms with Crippen LogP contribution in [0.25, 0.3) is 11.3 Å². The molecule has 1 fully saturated rings. The molecule has 1 N–H and O–H groups in total. The molecule has 0 radical (unpaired) electrons. The van der Waals surface area contributed by atoms with Gasteiger partial charge in [0, 0.05) is 16.5 Å². The monoisotopic (exact) mass is 402 g/mol. The van der Waals surface area contributed by atoms with E-state index < -0.39 is 10.0 Å². The molecule has 1 heterocycles. The summed E-state index contributed by atoms with van der Waals surface area (Å²) in [5.41, 5.74) is 2.58. The number of benzene rings is 2. The normalized spacial score (nSPS) is 14.3. The van der Waals surface area contributed by atoms with Gasteiger partial charge in [-0.25, -0.2) is 13.4 Å². The Morgan fingerprint density at radius 3 is 2.59 bits per heavy atom. The lowest BCUT2D eigenvalue weighted by molar-refractivity contribution is 0.509. The molecule has 1 aliphatic carbocycles. The zero-order chi connectivity index (χ0) is 19.2. The van der Waals surface area contributed by atoms with Crippen LogP contribution < -0.4 is 4.72 Å². The minimum Gasteiger partial charge on any atom is -0.440 e. The number of hydrogen-bond donors (Lipinski definition) is 1. The first-order chi connectivity index (χ1) is 12.8. The van der Waals surface area contributed by atoms with E-state index in [0.29, 0.717) is 33.5 Å². The number of halogens is 1. The number of aromatic nitrogens is 1. The highest BCUT2D eigenvalue weighted by Crippen LogP contribution is 2.40. The maximum absolute atomic E-state index is 13.0. The van der Waals surface area contributed by atoms with Gasteiger partial charge in [0.05, 0.1) is 16.8 Å². The van der Waals surface area contributed by atoms with E-state index in [2.05, 4.69) is 9.71 Å². The highest BCUT2D eigenvalue weighted by molar-refractivity contribution is 7.92. The number of hydrogen-bond acceptors (Lipinski definition) is 4. The summed E-state index contributed by atoms with van der Waals surface area (Å²) >= 11 is 6.01. The summed E-state index contributed by atoms with van der Waals surface area (Å²) in [6.45, 7) is 3.59. The van der Waals surface area contributed by atoms with Gasteiger partial charge in [-0.3, -0.25) is 4.72 Å². The molecule has 0 unspecified atom stereocenters. The van der Waals surface area contributed by atoms with Gasteiger partial charge in [-0.15, -0.1) is 0 Å². The van der Waals surface area contributed by atoms with Crippen LogP contribution in [0, 0.1) is 13.8 Å². The quantitative estimate of drug-likeness (QED) is 0.629. The van der Waals surface area contributed by atoms with Crippen molar-refractivity contribution < 1.29 is 12.8 Å². The fourth-order valence-corrected chi connectivity index (χ4v) is 4.45. The second-order valence-corrected chi connectivity index (χ2v) is 8.97. The lowest BCUT2D eigenvalue weighted by Crippen LogP contribution is -2.15. The lowest BCUT2D eigenvalue weighted by atomic mass is 10.1. The number of anilines is 1. The number of rotatable bonds is 5. The summed E-state index contributed by atoms with van der Waals surface area (Å²) in [5.74, 6) is 1.70. The van der Waals surface area contributed by atoms with Crippen LogP contribution in [0.4, 0.5) is 5.69 Å². The van der Waals surface area contributed by atoms with Crippen LogP contribution in [0.5, 0.6) is 0 Å². The average molecular weight is 403 g/mol. The lowest BCUT2D eigenvalue weighted by Gasteiger charge is -2.13. The van der Waals surface area contributed by atoms with Gasteiger partial charge in [0.25, 0.3) is 10.0 Å². The second kappa shape index (κ2) is 6.69. The number of sulfonamides is 1. The molecular weight excluding hydrogens is 384 g/mol. The van der Waals surface area contributed by atoms with Gasteiger partial charge in [-0.05, 0) is 56.0 Å². The molecule has 4 rings (SSSR count). The molecule has 1 aliphatic rings. The average Bonchev–Trinajstić information content (AvgIpc) is 3.35. The van der Waals surface area contributed by atoms with Crippen molar-refractivity contribution >= 4 is 27.3 Å². The minimum atomic E-state index is -3.78. The van der Waals surface area contributed by atoms with Gasteiger partial charge in [-0.1, -0.05) is 29.8 Å². The predicted molar refractivity (Wildman–Crippen MR) is 106 cm³/mol. The van der Waals surface area contributed by atoms with Gasteiger partial charge in [0.2, 0.25) is 0 Å². The SMILES string of the molecule is Cc1ccc(Cl)cc1NS(=O)(=O)c1cc(-c2cnc(C3CC3)o2)ccc1C. The van der Waals surface area contributed by atoms with Crippen LogP contribution in [-0.4, -0.2) is 13.4 Å². The van der Waals surface area contributed by atoms with Crippen LogP contribution in [-0.2, 0) is 10.0 Å². The van der Waals surface area contributed by atoms with E-state index in [4.69, 9.17) is 16.0 Å². The molecule has 2 aromatic carbocycles. The Bertz CT molecular complexity index is 1120. The number of oxazole rings is 1. The largest absolute Gasteiger partial charge is 0.440 e. The highest BCUT2D eigenvalue weighted by atomic mass is 35.5. The molecule has 140 valence electrons. The molecule has 0 atom stereocenters. The van der Waals surface area contributed by atoms with E-state index in [-0.39, 0.29) is 4.90 Å². The van der Waals surface area contributed by atoms with Gasteiger partial charge >= 0.3 is 0 Å². The first-order valence-electron chi connectivity index (χ1n) is 8.69. The van der Waals surface area contributed by atoms with Gasteiger partial charge in [0.15, 0.2) is 11.7 Å². The van der Waals surface area contributed by atoms with E-state index in [9.17, 15) is 8.42 Å². The zero-order valence-electron chi connectivity index (χ0n) is 15.0. The van der Waals surface area contributed by atoms with E-state index in [1.165, 1.54) is 0 Å². The summed E-state index contributed by atoms with van der Waals surface area (Å²) < 4.78 is 34.4. The van der Waals surface area contributed by atoms with Crippen LogP contribution in [0.1, 0.15) is 35.8 Å². The number of nitrogens with one attached hydrogen (secondary N) is 1. The van der Waals surface area contributed by atoms with E-state index in [1.807, 2.05) is 13.0 Å². The van der Waals surface area contributed by atoms with Gasteiger partial charge in [0.1, 0.15) is 0 Å². The Balaban J connectivity index is 1.70. The summed E-state index contributed by atoms with van der Waals surface area (Å²) in [5, 5.41) is 0.470. The van der Waals surface area contributed by atoms with Crippen molar-refractivity contribution in [3.05, 3.63) is 64.6 Å². The third-order valence-corrected chi connectivity index (χ3v) is 6.40. The summed E-state index contributed by atoms with van der Waals surface area (Å²) in [6.07, 6.45) is 3.84. The van der Waals surface area contributed by atoms with Crippen molar-refractivity contribution in [2.75, 3.05) is 4.72 Å². The second-order valence-electron chi connectivity index (χ2n) is 6.88. The van der Waals surface area contributed by atoms with Crippen molar-refractivity contribution in [2.24, 2.45) is 0 Å². The van der Waals surface area contributed by atoms with Crippen LogP contribution in [0.2, 0.25) is 5.02 Å². The Morgan fingerprint density at radius 2 is 1.85 bits per heavy atom. The van der Waals surface area contributed by atoms with Crippen molar-refractivity contribution in [3.63, 3.8) is 0 Å². The van der Waals surface area contributed by atoms with Crippen molar-refractivity contribution in [3.8, 4) is 11.3 Å². The molecule has 1 aromatic heterocycles. The maximum atomic E-state index is 13.0. The molecule has 0 bridgehead atoms. The van der Waals surface area contributed by atoms with Crippen molar-refractivity contribution in [2.45, 2.75) is 37.5 Å². The molecule has 7 heteroatoms. The fourth-order valence-electron chi connectivity index (χ4n) is 2.89. The third kappa shape index (κ3) is 3.73. The van der Waals surface area contributed by atoms with Crippen LogP contribution >= 0.6 is 11.6 Å². The van der Waals surface area contributed by atoms with Crippen LogP contribution in [0.15, 0.2) is 51.9 Å². The predicted octanol–water partition coefficient (Wildman–Crippen LogP) is 5.29. The Labute approximate surface area is 163 Å². The van der Waals surface area contributed by atoms with Gasteiger partial charge < -0.3 is 4.42 Å². The molecule has 5 nitrogen and oxygen atoms in total. The summed E-state index contributed by atoms with van der Waals surface area (Å²) in [7, 11) is -3.78. The Morgan fingerprint density at radius 1 is 1.11 bits per heavy atom. The third-order valence-electron chi connectivity index (χ3n) is 4.66. The van der Waals surface area contributed by atoms with Crippen LogP contribution in [0.3, 0.4) is 0 Å². The van der Waals surface area contributed by atoms with Gasteiger partial charge in [-0.2, -0.15) is 0 Å². The smallest absolute Gasteiger partial charge is 0.262 e. The zero-order valence-corrected chi connectivity index (χ0v) is 16.6. The van der Waals surface area contributed by atoms with E-state index >= 15 is 0 Å². The molecule has 0 saturated heterocycles. The minimum absolute atomic E-state index is 0.198. The first-order valence-corrected chi connectivity index (χ1v) is 10.6. The molecule has 0 spiro atoms. The molecular formula is C20H19ClN2O3S.